The predicted molar refractivity (Wildman–Crippen MR) is 59.7 cm³/mol. The number of carbonyl (C=O) groups is 1. The van der Waals surface area contributed by atoms with Gasteiger partial charge in [0.05, 0.1) is 24.8 Å². The molecule has 0 atom stereocenters. The van der Waals surface area contributed by atoms with Crippen molar-refractivity contribution in [3.8, 4) is 11.8 Å². The summed E-state index contributed by atoms with van der Waals surface area (Å²) in [5, 5.41) is 17.8. The minimum atomic E-state index is -5.04. The standard InChI is InChI=1S/C12H10F3NO4/c1-2-19-11(18)9-4-7(5-16)3-8(6-17)10(9)20-12(13,14)15/h3-4,17H,2,6H2,1H3. The van der Waals surface area contributed by atoms with Gasteiger partial charge in [-0.2, -0.15) is 5.26 Å². The first-order chi connectivity index (χ1) is 9.32. The van der Waals surface area contributed by atoms with Crippen molar-refractivity contribution in [3.63, 3.8) is 0 Å². The third-order valence-electron chi connectivity index (χ3n) is 2.18. The van der Waals surface area contributed by atoms with Crippen LogP contribution in [0.4, 0.5) is 13.2 Å². The lowest BCUT2D eigenvalue weighted by atomic mass is 10.0. The minimum Gasteiger partial charge on any atom is -0.462 e. The van der Waals surface area contributed by atoms with E-state index in [1.54, 1.807) is 6.07 Å². The molecular formula is C12H10F3NO4. The Morgan fingerprint density at radius 1 is 1.45 bits per heavy atom. The molecule has 0 aliphatic carbocycles. The van der Waals surface area contributed by atoms with E-state index in [9.17, 15) is 18.0 Å². The maximum atomic E-state index is 12.3. The molecule has 0 fully saturated rings. The van der Waals surface area contributed by atoms with Gasteiger partial charge in [-0.05, 0) is 19.1 Å². The summed E-state index contributed by atoms with van der Waals surface area (Å²) in [6.07, 6.45) is -5.04. The molecule has 0 aliphatic heterocycles. The summed E-state index contributed by atoms with van der Waals surface area (Å²) >= 11 is 0. The second kappa shape index (κ2) is 6.25. The number of esters is 1. The van der Waals surface area contributed by atoms with Crippen LogP contribution in [-0.2, 0) is 11.3 Å². The quantitative estimate of drug-likeness (QED) is 0.859. The summed E-state index contributed by atoms with van der Waals surface area (Å²) in [4.78, 5) is 11.6. The first-order valence-electron chi connectivity index (χ1n) is 5.43. The fourth-order valence-electron chi connectivity index (χ4n) is 1.47. The molecule has 5 nitrogen and oxygen atoms in total. The van der Waals surface area contributed by atoms with Crippen LogP contribution in [0.2, 0.25) is 0 Å². The Labute approximate surface area is 112 Å². The Bertz CT molecular complexity index is 549. The largest absolute Gasteiger partial charge is 0.573 e. The number of nitriles is 1. The van der Waals surface area contributed by atoms with E-state index in [2.05, 4.69) is 9.47 Å². The summed E-state index contributed by atoms with van der Waals surface area (Å²) < 4.78 is 45.4. The lowest BCUT2D eigenvalue weighted by Gasteiger charge is -2.16. The van der Waals surface area contributed by atoms with Crippen LogP contribution < -0.4 is 4.74 Å². The zero-order valence-electron chi connectivity index (χ0n) is 10.3. The van der Waals surface area contributed by atoms with Gasteiger partial charge in [-0.1, -0.05) is 0 Å². The lowest BCUT2D eigenvalue weighted by Crippen LogP contribution is -2.21. The molecule has 0 amide bonds. The van der Waals surface area contributed by atoms with Crippen molar-refractivity contribution in [1.82, 2.24) is 0 Å². The van der Waals surface area contributed by atoms with Gasteiger partial charge in [-0.25, -0.2) is 4.79 Å². The average molecular weight is 289 g/mol. The van der Waals surface area contributed by atoms with E-state index in [-0.39, 0.29) is 17.7 Å². The number of hydrogen-bond donors (Lipinski definition) is 1. The molecule has 1 aromatic carbocycles. The Kier molecular flexibility index (Phi) is 4.94. The summed E-state index contributed by atoms with van der Waals surface area (Å²) in [5.41, 5.74) is -0.983. The second-order valence-electron chi connectivity index (χ2n) is 3.55. The molecule has 0 heterocycles. The summed E-state index contributed by atoms with van der Waals surface area (Å²) in [7, 11) is 0. The lowest BCUT2D eigenvalue weighted by molar-refractivity contribution is -0.275. The van der Waals surface area contributed by atoms with Gasteiger partial charge in [0.15, 0.2) is 0 Å². The minimum absolute atomic E-state index is 0.0600. The van der Waals surface area contributed by atoms with E-state index in [1.807, 2.05) is 0 Å². The topological polar surface area (TPSA) is 79.6 Å². The Morgan fingerprint density at radius 3 is 2.55 bits per heavy atom. The van der Waals surface area contributed by atoms with E-state index in [0.717, 1.165) is 12.1 Å². The van der Waals surface area contributed by atoms with Crippen LogP contribution in [-0.4, -0.2) is 24.0 Å². The van der Waals surface area contributed by atoms with Crippen LogP contribution in [0.3, 0.4) is 0 Å². The number of aliphatic hydroxyl groups excluding tert-OH is 1. The van der Waals surface area contributed by atoms with E-state index >= 15 is 0 Å². The van der Waals surface area contributed by atoms with Crippen LogP contribution in [0.1, 0.15) is 28.4 Å². The molecule has 0 saturated heterocycles. The van der Waals surface area contributed by atoms with Crippen LogP contribution >= 0.6 is 0 Å². The second-order valence-corrected chi connectivity index (χ2v) is 3.55. The molecule has 0 unspecified atom stereocenters. The molecule has 0 spiro atoms. The molecule has 0 aromatic heterocycles. The van der Waals surface area contributed by atoms with Crippen molar-refractivity contribution < 1.29 is 32.5 Å². The average Bonchev–Trinajstić information content (AvgIpc) is 2.37. The van der Waals surface area contributed by atoms with Gasteiger partial charge >= 0.3 is 12.3 Å². The third-order valence-corrected chi connectivity index (χ3v) is 2.18. The molecule has 0 aliphatic rings. The highest BCUT2D eigenvalue weighted by Gasteiger charge is 2.34. The van der Waals surface area contributed by atoms with Gasteiger partial charge in [0.25, 0.3) is 0 Å². The molecule has 20 heavy (non-hydrogen) atoms. The number of aliphatic hydroxyl groups is 1. The number of benzene rings is 1. The molecule has 1 aromatic rings. The van der Waals surface area contributed by atoms with Crippen molar-refractivity contribution in [2.45, 2.75) is 19.9 Å². The van der Waals surface area contributed by atoms with E-state index < -0.39 is 30.3 Å². The van der Waals surface area contributed by atoms with Crippen molar-refractivity contribution in [2.75, 3.05) is 6.61 Å². The fourth-order valence-corrected chi connectivity index (χ4v) is 1.47. The van der Waals surface area contributed by atoms with Gasteiger partial charge in [0.1, 0.15) is 11.3 Å². The summed E-state index contributed by atoms with van der Waals surface area (Å²) in [6.45, 7) is 0.589. The van der Waals surface area contributed by atoms with E-state index in [1.165, 1.54) is 6.92 Å². The fraction of sp³-hybridized carbons (Fsp3) is 0.333. The molecule has 1 rings (SSSR count). The smallest absolute Gasteiger partial charge is 0.462 e. The molecular weight excluding hydrogens is 279 g/mol. The van der Waals surface area contributed by atoms with Crippen molar-refractivity contribution in [3.05, 3.63) is 28.8 Å². The van der Waals surface area contributed by atoms with Crippen molar-refractivity contribution >= 4 is 5.97 Å². The van der Waals surface area contributed by atoms with Crippen molar-refractivity contribution in [2.24, 2.45) is 0 Å². The summed E-state index contributed by atoms with van der Waals surface area (Å²) in [6, 6.07) is 3.59. The molecule has 0 bridgehead atoms. The Morgan fingerprint density at radius 2 is 2.10 bits per heavy atom. The number of hydrogen-bond acceptors (Lipinski definition) is 5. The maximum Gasteiger partial charge on any atom is 0.573 e. The zero-order valence-corrected chi connectivity index (χ0v) is 10.3. The zero-order chi connectivity index (χ0) is 15.3. The highest BCUT2D eigenvalue weighted by Crippen LogP contribution is 2.32. The highest BCUT2D eigenvalue weighted by atomic mass is 19.4. The normalized spacial score (nSPS) is 10.8. The molecule has 1 N–H and O–H groups in total. The number of nitrogens with zero attached hydrogens (tertiary/aromatic N) is 1. The van der Waals surface area contributed by atoms with Crippen LogP contribution in [0.15, 0.2) is 12.1 Å². The van der Waals surface area contributed by atoms with Crippen LogP contribution in [0, 0.1) is 11.3 Å². The first kappa shape index (κ1) is 15.8. The highest BCUT2D eigenvalue weighted by molar-refractivity contribution is 5.93. The number of carbonyl (C=O) groups excluding carboxylic acids is 1. The van der Waals surface area contributed by atoms with Crippen LogP contribution in [0.25, 0.3) is 0 Å². The van der Waals surface area contributed by atoms with Gasteiger partial charge in [0, 0.05) is 5.56 Å². The number of halogens is 3. The van der Waals surface area contributed by atoms with Gasteiger partial charge in [-0.3, -0.25) is 0 Å². The Balaban J connectivity index is 3.43. The van der Waals surface area contributed by atoms with E-state index in [4.69, 9.17) is 10.4 Å². The van der Waals surface area contributed by atoms with Crippen molar-refractivity contribution in [1.29, 1.82) is 5.26 Å². The monoisotopic (exact) mass is 289 g/mol. The molecule has 8 heteroatoms. The molecule has 0 saturated carbocycles. The number of ether oxygens (including phenoxy) is 2. The molecule has 0 radical (unpaired) electrons. The maximum absolute atomic E-state index is 12.3. The van der Waals surface area contributed by atoms with E-state index in [0.29, 0.717) is 0 Å². The number of rotatable bonds is 4. The van der Waals surface area contributed by atoms with Crippen LogP contribution in [0.5, 0.6) is 5.75 Å². The van der Waals surface area contributed by atoms with Gasteiger partial charge in [-0.15, -0.1) is 13.2 Å². The predicted octanol–water partition coefficient (Wildman–Crippen LogP) is 2.13. The third kappa shape index (κ3) is 3.86. The van der Waals surface area contributed by atoms with Gasteiger partial charge < -0.3 is 14.6 Å². The van der Waals surface area contributed by atoms with Gasteiger partial charge in [0.2, 0.25) is 0 Å². The first-order valence-corrected chi connectivity index (χ1v) is 5.43. The number of alkyl halides is 3. The summed E-state index contributed by atoms with van der Waals surface area (Å²) in [5.74, 6) is -1.93. The SMILES string of the molecule is CCOC(=O)c1cc(C#N)cc(CO)c1OC(F)(F)F. The Hall–Kier alpha value is -2.27. The molecule has 108 valence electrons.